The fourth-order valence-electron chi connectivity index (χ4n) is 3.89. The number of carbonyl (C=O) groups excluding carboxylic acids is 1. The molecule has 1 amide bonds. The summed E-state index contributed by atoms with van der Waals surface area (Å²) in [7, 11) is 0. The van der Waals surface area contributed by atoms with E-state index in [4.69, 9.17) is 4.98 Å². The molecule has 26 heavy (non-hydrogen) atoms. The molecular weight excluding hydrogens is 344 g/mol. The van der Waals surface area contributed by atoms with Crippen molar-refractivity contribution in [2.45, 2.75) is 57.5 Å². The van der Waals surface area contributed by atoms with Gasteiger partial charge in [-0.25, -0.2) is 4.98 Å². The van der Waals surface area contributed by atoms with Crippen LogP contribution in [-0.4, -0.2) is 39.9 Å². The summed E-state index contributed by atoms with van der Waals surface area (Å²) in [5, 5.41) is 4.47. The van der Waals surface area contributed by atoms with Gasteiger partial charge in [0.1, 0.15) is 5.01 Å². The lowest BCUT2D eigenvalue weighted by molar-refractivity contribution is 0.0933. The van der Waals surface area contributed by atoms with E-state index in [9.17, 15) is 4.79 Å². The van der Waals surface area contributed by atoms with Gasteiger partial charge in [0.2, 0.25) is 0 Å². The van der Waals surface area contributed by atoms with Crippen molar-refractivity contribution in [2.75, 3.05) is 13.1 Å². The number of aromatic nitrogens is 2. The van der Waals surface area contributed by atoms with Crippen LogP contribution in [0.5, 0.6) is 0 Å². The Labute approximate surface area is 158 Å². The minimum Gasteiger partial charge on any atom is -0.349 e. The highest BCUT2D eigenvalue weighted by Crippen LogP contribution is 2.27. The van der Waals surface area contributed by atoms with Crippen molar-refractivity contribution >= 4 is 17.2 Å². The van der Waals surface area contributed by atoms with Gasteiger partial charge in [-0.15, -0.1) is 11.3 Å². The van der Waals surface area contributed by atoms with Gasteiger partial charge in [-0.05, 0) is 63.6 Å². The normalized spacial score (nSPS) is 21.0. The van der Waals surface area contributed by atoms with Crippen LogP contribution in [0.25, 0.3) is 0 Å². The van der Waals surface area contributed by atoms with Crippen LogP contribution in [0, 0.1) is 0 Å². The van der Waals surface area contributed by atoms with Crippen molar-refractivity contribution in [2.24, 2.45) is 0 Å². The molecule has 138 valence electrons. The first-order chi connectivity index (χ1) is 12.8. The third-order valence-corrected chi connectivity index (χ3v) is 6.49. The third-order valence-electron chi connectivity index (χ3n) is 5.35. The Morgan fingerprint density at radius 1 is 1.15 bits per heavy atom. The standard InChI is InChI=1S/C20H26N4OS/c25-20(15-7-10-21-11-8-15)22-16-4-3-12-24(13-9-16)14-19-23-17-5-1-2-6-18(17)26-19/h7-8,10-11,16H,1-6,9,12-14H2,(H,22,25). The van der Waals surface area contributed by atoms with Crippen molar-refractivity contribution in [3.05, 3.63) is 45.7 Å². The number of hydrogen-bond donors (Lipinski definition) is 1. The maximum atomic E-state index is 12.3. The van der Waals surface area contributed by atoms with Crippen LogP contribution in [0.4, 0.5) is 0 Å². The Hall–Kier alpha value is -1.79. The molecule has 0 radical (unpaired) electrons. The molecule has 2 aromatic rings. The largest absolute Gasteiger partial charge is 0.349 e. The smallest absolute Gasteiger partial charge is 0.251 e. The molecule has 1 unspecified atom stereocenters. The fourth-order valence-corrected chi connectivity index (χ4v) is 5.09. The summed E-state index contributed by atoms with van der Waals surface area (Å²) < 4.78 is 0. The van der Waals surface area contributed by atoms with E-state index in [1.165, 1.54) is 34.8 Å². The van der Waals surface area contributed by atoms with Crippen LogP contribution in [0.1, 0.15) is 58.0 Å². The summed E-state index contributed by atoms with van der Waals surface area (Å²) in [5.41, 5.74) is 2.04. The lowest BCUT2D eigenvalue weighted by Crippen LogP contribution is -2.35. The molecule has 1 aliphatic heterocycles. The number of carbonyl (C=O) groups is 1. The molecule has 1 aliphatic carbocycles. The molecule has 2 aliphatic rings. The Morgan fingerprint density at radius 3 is 2.85 bits per heavy atom. The molecule has 0 bridgehead atoms. The lowest BCUT2D eigenvalue weighted by atomic mass is 10.0. The summed E-state index contributed by atoms with van der Waals surface area (Å²) in [6, 6.07) is 3.79. The molecule has 1 fully saturated rings. The lowest BCUT2D eigenvalue weighted by Gasteiger charge is -2.19. The van der Waals surface area contributed by atoms with Crippen molar-refractivity contribution in [3.63, 3.8) is 0 Å². The van der Waals surface area contributed by atoms with Crippen molar-refractivity contribution < 1.29 is 4.79 Å². The van der Waals surface area contributed by atoms with Crippen LogP contribution < -0.4 is 5.32 Å². The molecule has 1 saturated heterocycles. The highest BCUT2D eigenvalue weighted by molar-refractivity contribution is 7.11. The minimum atomic E-state index is 0.0125. The number of amides is 1. The maximum absolute atomic E-state index is 12.3. The number of thiazole rings is 1. The van der Waals surface area contributed by atoms with Crippen LogP contribution in [0.2, 0.25) is 0 Å². The van der Waals surface area contributed by atoms with Gasteiger partial charge in [0.15, 0.2) is 0 Å². The topological polar surface area (TPSA) is 58.1 Å². The van der Waals surface area contributed by atoms with Crippen molar-refractivity contribution in [3.8, 4) is 0 Å². The molecule has 3 heterocycles. The molecule has 0 aromatic carbocycles. The molecule has 6 heteroatoms. The van der Waals surface area contributed by atoms with E-state index in [2.05, 4.69) is 15.2 Å². The molecule has 1 N–H and O–H groups in total. The molecule has 2 aromatic heterocycles. The average Bonchev–Trinajstić information content (AvgIpc) is 2.95. The number of pyridine rings is 1. The molecule has 0 spiro atoms. The molecule has 4 rings (SSSR count). The maximum Gasteiger partial charge on any atom is 0.251 e. The second-order valence-corrected chi connectivity index (χ2v) is 8.47. The zero-order valence-electron chi connectivity index (χ0n) is 15.1. The quantitative estimate of drug-likeness (QED) is 0.898. The Bertz CT molecular complexity index is 722. The number of hydrogen-bond acceptors (Lipinski definition) is 5. The summed E-state index contributed by atoms with van der Waals surface area (Å²) in [6.07, 6.45) is 11.5. The predicted octanol–water partition coefficient (Wildman–Crippen LogP) is 3.20. The van der Waals surface area contributed by atoms with Gasteiger partial charge in [0.25, 0.3) is 5.91 Å². The Morgan fingerprint density at radius 2 is 2.00 bits per heavy atom. The fraction of sp³-hybridized carbons (Fsp3) is 0.550. The van der Waals surface area contributed by atoms with Gasteiger partial charge < -0.3 is 5.32 Å². The van der Waals surface area contributed by atoms with Crippen molar-refractivity contribution in [1.82, 2.24) is 20.2 Å². The number of nitrogens with one attached hydrogen (secondary N) is 1. The van der Waals surface area contributed by atoms with E-state index in [0.717, 1.165) is 45.3 Å². The van der Waals surface area contributed by atoms with Gasteiger partial charge in [0, 0.05) is 35.4 Å². The predicted molar refractivity (Wildman–Crippen MR) is 103 cm³/mol. The highest BCUT2D eigenvalue weighted by atomic mass is 32.1. The SMILES string of the molecule is O=C(NC1CCCN(Cc2nc3c(s2)CCCC3)CC1)c1ccncc1. The van der Waals surface area contributed by atoms with E-state index >= 15 is 0 Å². The number of rotatable bonds is 4. The van der Waals surface area contributed by atoms with E-state index < -0.39 is 0 Å². The van der Waals surface area contributed by atoms with Gasteiger partial charge in [-0.3, -0.25) is 14.7 Å². The van der Waals surface area contributed by atoms with Gasteiger partial charge in [0.05, 0.1) is 12.2 Å². The summed E-state index contributed by atoms with van der Waals surface area (Å²) in [5.74, 6) is 0.0125. The van der Waals surface area contributed by atoms with Crippen LogP contribution >= 0.6 is 11.3 Å². The Balaban J connectivity index is 1.30. The van der Waals surface area contributed by atoms with E-state index in [1.54, 1.807) is 24.5 Å². The summed E-state index contributed by atoms with van der Waals surface area (Å²) >= 11 is 1.92. The first kappa shape index (κ1) is 17.6. The van der Waals surface area contributed by atoms with Gasteiger partial charge in [-0.2, -0.15) is 0 Å². The Kier molecular flexibility index (Phi) is 5.60. The molecule has 0 saturated carbocycles. The van der Waals surface area contributed by atoms with Crippen molar-refractivity contribution in [1.29, 1.82) is 0 Å². The molecule has 5 nitrogen and oxygen atoms in total. The van der Waals surface area contributed by atoms with Gasteiger partial charge >= 0.3 is 0 Å². The third kappa shape index (κ3) is 4.30. The molecular formula is C20H26N4OS. The van der Waals surface area contributed by atoms with Crippen LogP contribution in [0.3, 0.4) is 0 Å². The number of nitrogens with zero attached hydrogens (tertiary/aromatic N) is 3. The van der Waals surface area contributed by atoms with Crippen LogP contribution in [-0.2, 0) is 19.4 Å². The average molecular weight is 371 g/mol. The second kappa shape index (κ2) is 8.27. The number of likely N-dealkylation sites (tertiary alicyclic amines) is 1. The summed E-state index contributed by atoms with van der Waals surface area (Å²) in [6.45, 7) is 3.07. The van der Waals surface area contributed by atoms with E-state index in [1.807, 2.05) is 11.3 Å². The number of aryl methyl sites for hydroxylation is 2. The monoisotopic (exact) mass is 370 g/mol. The first-order valence-electron chi connectivity index (χ1n) is 9.68. The highest BCUT2D eigenvalue weighted by Gasteiger charge is 2.21. The van der Waals surface area contributed by atoms with E-state index in [-0.39, 0.29) is 11.9 Å². The zero-order valence-corrected chi connectivity index (χ0v) is 15.9. The first-order valence-corrected chi connectivity index (χ1v) is 10.5. The zero-order chi connectivity index (χ0) is 17.8. The molecule has 1 atom stereocenters. The second-order valence-electron chi connectivity index (χ2n) is 7.30. The minimum absolute atomic E-state index is 0.0125. The summed E-state index contributed by atoms with van der Waals surface area (Å²) in [4.78, 5) is 25.2. The van der Waals surface area contributed by atoms with Crippen LogP contribution in [0.15, 0.2) is 24.5 Å². The number of fused-ring (bicyclic) bond motifs is 1. The van der Waals surface area contributed by atoms with E-state index in [0.29, 0.717) is 5.56 Å². The van der Waals surface area contributed by atoms with Gasteiger partial charge in [-0.1, -0.05) is 0 Å².